The number of rotatable bonds is 1. The lowest BCUT2D eigenvalue weighted by Crippen LogP contribution is -2.36. The number of aliphatic hydroxyl groups is 3. The van der Waals surface area contributed by atoms with E-state index in [0.717, 1.165) is 0 Å². The second-order valence-corrected chi connectivity index (χ2v) is 0.978. The molecule has 0 aromatic carbocycles. The number of halogens is 1. The van der Waals surface area contributed by atoms with Crippen molar-refractivity contribution in [1.29, 1.82) is 0 Å². The van der Waals surface area contributed by atoms with Gasteiger partial charge >= 0.3 is 0 Å². The molecule has 0 fully saturated rings. The third-order valence-electron chi connectivity index (χ3n) is 0.274. The Morgan fingerprint density at radius 3 is 1.50 bits per heavy atom. The van der Waals surface area contributed by atoms with Gasteiger partial charge in [0.25, 0.3) is 5.97 Å². The predicted molar refractivity (Wildman–Crippen MR) is 30.2 cm³/mol. The van der Waals surface area contributed by atoms with Gasteiger partial charge in [-0.25, -0.2) is 0 Å². The van der Waals surface area contributed by atoms with Crippen LogP contribution in [0.5, 0.6) is 0 Å². The molecule has 5 heteroatoms. The van der Waals surface area contributed by atoms with Crippen LogP contribution in [0.25, 0.3) is 0 Å². The van der Waals surface area contributed by atoms with Crippen LogP contribution >= 0.6 is 11.6 Å². The molecule has 52 valence electrons. The first-order valence-electron chi connectivity index (χ1n) is 1.81. The molecule has 0 unspecified atom stereocenters. The van der Waals surface area contributed by atoms with Crippen LogP contribution in [0.3, 0.4) is 0 Å². The highest BCUT2D eigenvalue weighted by Crippen LogP contribution is 1.82. The van der Waals surface area contributed by atoms with Crippen LogP contribution in [0, 0.1) is 0 Å². The second-order valence-electron chi connectivity index (χ2n) is 0.978. The van der Waals surface area contributed by atoms with Crippen molar-refractivity contribution in [3.8, 4) is 0 Å². The van der Waals surface area contributed by atoms with Gasteiger partial charge in [-0.05, 0) is 0 Å². The number of hydrogen-bond acceptors (Lipinski definition) is 4. The topological polar surface area (TPSA) is 86.7 Å². The molecule has 0 spiro atoms. The quantitative estimate of drug-likeness (QED) is 0.264. The molecule has 0 aliphatic carbocycles. The van der Waals surface area contributed by atoms with Crippen molar-refractivity contribution >= 4 is 11.6 Å². The predicted octanol–water partition coefficient (Wildman–Crippen LogP) is -1.57. The minimum absolute atomic E-state index is 0.562. The Kier molecular flexibility index (Phi) is 7.25. The summed E-state index contributed by atoms with van der Waals surface area (Å²) in [5.41, 5.74) is 4.56. The smallest absolute Gasteiger partial charge is 0.288 e. The minimum atomic E-state index is -2.68. The number of alkyl halides is 1. The number of hydrogen-bond donors (Lipinski definition) is 4. The molecule has 0 saturated heterocycles. The van der Waals surface area contributed by atoms with Crippen LogP contribution in [0.2, 0.25) is 0 Å². The van der Waals surface area contributed by atoms with Crippen molar-refractivity contribution < 1.29 is 15.3 Å². The molecular weight excluding hydrogens is 133 g/mol. The molecule has 0 bridgehead atoms. The van der Waals surface area contributed by atoms with E-state index in [-0.39, 0.29) is 0 Å². The molecule has 0 aromatic rings. The second kappa shape index (κ2) is 5.27. The largest absolute Gasteiger partial charge is 0.343 e. The van der Waals surface area contributed by atoms with Crippen molar-refractivity contribution in [3.63, 3.8) is 0 Å². The van der Waals surface area contributed by atoms with Gasteiger partial charge in [0.05, 0.1) is 6.54 Å². The third-order valence-corrected chi connectivity index (χ3v) is 0.274. The highest BCUT2D eigenvalue weighted by atomic mass is 35.5. The fourth-order valence-corrected chi connectivity index (χ4v) is 0. The van der Waals surface area contributed by atoms with Gasteiger partial charge < -0.3 is 21.1 Å². The summed E-state index contributed by atoms with van der Waals surface area (Å²) in [4.78, 5) is 0. The van der Waals surface area contributed by atoms with Gasteiger partial charge in [-0.3, -0.25) is 0 Å². The van der Waals surface area contributed by atoms with Gasteiger partial charge in [0.2, 0.25) is 0 Å². The average Bonchev–Trinajstić information content (AvgIpc) is 1.71. The van der Waals surface area contributed by atoms with Gasteiger partial charge in [0.15, 0.2) is 0 Å². The highest BCUT2D eigenvalue weighted by Gasteiger charge is 2.12. The summed E-state index contributed by atoms with van der Waals surface area (Å²) >= 11 is 4.64. The van der Waals surface area contributed by atoms with Gasteiger partial charge in [-0.1, -0.05) is 0 Å². The van der Waals surface area contributed by atoms with Gasteiger partial charge in [-0.15, -0.1) is 11.6 Å². The molecule has 0 saturated carbocycles. The molecule has 0 aromatic heterocycles. The van der Waals surface area contributed by atoms with Crippen LogP contribution < -0.4 is 5.73 Å². The van der Waals surface area contributed by atoms with Crippen molar-refractivity contribution in [3.05, 3.63) is 0 Å². The summed E-state index contributed by atoms with van der Waals surface area (Å²) in [5, 5.41) is 23.4. The van der Waals surface area contributed by atoms with Crippen LogP contribution in [0.15, 0.2) is 0 Å². The normalized spacial score (nSPS) is 9.75. The standard InChI is InChI=1S/C2H7NO3.CH3Cl/c3-1-2(4,5)6;1-2/h4-6H,1,3H2;1H3. The molecule has 0 radical (unpaired) electrons. The molecule has 4 nitrogen and oxygen atoms in total. The Balaban J connectivity index is 0. The summed E-state index contributed by atoms with van der Waals surface area (Å²) in [6.45, 7) is -0.562. The molecule has 5 N–H and O–H groups in total. The fraction of sp³-hybridized carbons (Fsp3) is 1.00. The van der Waals surface area contributed by atoms with E-state index in [2.05, 4.69) is 17.3 Å². The van der Waals surface area contributed by atoms with Crippen molar-refractivity contribution in [2.75, 3.05) is 12.9 Å². The molecule has 0 amide bonds. The van der Waals surface area contributed by atoms with Crippen LogP contribution in [-0.2, 0) is 0 Å². The van der Waals surface area contributed by atoms with E-state index in [1.54, 1.807) is 0 Å². The van der Waals surface area contributed by atoms with E-state index in [1.165, 1.54) is 6.38 Å². The minimum Gasteiger partial charge on any atom is -0.343 e. The maximum atomic E-state index is 7.81. The molecule has 0 heterocycles. The fourth-order valence-electron chi connectivity index (χ4n) is 0. The lowest BCUT2D eigenvalue weighted by atomic mass is 10.6. The Morgan fingerprint density at radius 1 is 1.38 bits per heavy atom. The molecule has 0 rings (SSSR count). The molecule has 0 aliphatic rings. The lowest BCUT2D eigenvalue weighted by Gasteiger charge is -2.07. The first-order valence-corrected chi connectivity index (χ1v) is 2.57. The van der Waals surface area contributed by atoms with Crippen molar-refractivity contribution in [2.24, 2.45) is 5.73 Å². The van der Waals surface area contributed by atoms with E-state index in [9.17, 15) is 0 Å². The third kappa shape index (κ3) is 16.5. The van der Waals surface area contributed by atoms with Crippen molar-refractivity contribution in [1.82, 2.24) is 0 Å². The summed E-state index contributed by atoms with van der Waals surface area (Å²) in [5.74, 6) is -2.68. The molecule has 8 heavy (non-hydrogen) atoms. The summed E-state index contributed by atoms with van der Waals surface area (Å²) in [6.07, 6.45) is 1.47. The summed E-state index contributed by atoms with van der Waals surface area (Å²) in [7, 11) is 0. The Morgan fingerprint density at radius 2 is 1.50 bits per heavy atom. The Hall–Kier alpha value is 0.130. The zero-order valence-corrected chi connectivity index (χ0v) is 5.26. The van der Waals surface area contributed by atoms with Crippen LogP contribution in [-0.4, -0.2) is 34.2 Å². The van der Waals surface area contributed by atoms with E-state index in [0.29, 0.717) is 0 Å². The SMILES string of the molecule is CCl.NCC(O)(O)O. The van der Waals surface area contributed by atoms with E-state index < -0.39 is 12.5 Å². The maximum absolute atomic E-state index is 7.81. The van der Waals surface area contributed by atoms with Crippen LogP contribution in [0.1, 0.15) is 0 Å². The number of nitrogens with two attached hydrogens (primary N) is 1. The van der Waals surface area contributed by atoms with E-state index in [1.807, 2.05) is 0 Å². The molecular formula is C3H10ClNO3. The van der Waals surface area contributed by atoms with Crippen LogP contribution in [0.4, 0.5) is 0 Å². The van der Waals surface area contributed by atoms with E-state index in [4.69, 9.17) is 15.3 Å². The van der Waals surface area contributed by atoms with Gasteiger partial charge in [0.1, 0.15) is 0 Å². The van der Waals surface area contributed by atoms with Gasteiger partial charge in [0, 0.05) is 6.38 Å². The zero-order chi connectivity index (χ0) is 7.21. The summed E-state index contributed by atoms with van der Waals surface area (Å²) in [6, 6.07) is 0. The monoisotopic (exact) mass is 143 g/mol. The van der Waals surface area contributed by atoms with Crippen molar-refractivity contribution in [2.45, 2.75) is 5.97 Å². The lowest BCUT2D eigenvalue weighted by molar-refractivity contribution is -0.302. The maximum Gasteiger partial charge on any atom is 0.288 e. The molecule has 0 atom stereocenters. The first-order chi connectivity index (χ1) is 3.56. The molecule has 0 aliphatic heterocycles. The average molecular weight is 144 g/mol. The van der Waals surface area contributed by atoms with Gasteiger partial charge in [-0.2, -0.15) is 0 Å². The Bertz CT molecular complexity index is 44.3. The Labute approximate surface area is 52.5 Å². The zero-order valence-electron chi connectivity index (χ0n) is 4.50. The first kappa shape index (κ1) is 11.0. The summed E-state index contributed by atoms with van der Waals surface area (Å²) < 4.78 is 0. The van der Waals surface area contributed by atoms with E-state index >= 15 is 0 Å². The highest BCUT2D eigenvalue weighted by molar-refractivity contribution is 6.15.